The molecule has 174 valence electrons. The number of carbonyl (C=O) groups excluding carboxylic acids is 1. The lowest BCUT2D eigenvalue weighted by Gasteiger charge is -2.30. The number of fused-ring (bicyclic) bond motifs is 1. The zero-order valence-electron chi connectivity index (χ0n) is 19.5. The van der Waals surface area contributed by atoms with Gasteiger partial charge in [0.25, 0.3) is 0 Å². The zero-order valence-corrected chi connectivity index (χ0v) is 20.3. The van der Waals surface area contributed by atoms with Crippen LogP contribution in [0.5, 0.6) is 5.75 Å². The van der Waals surface area contributed by atoms with Crippen LogP contribution >= 0.6 is 11.6 Å². The van der Waals surface area contributed by atoms with Gasteiger partial charge in [-0.1, -0.05) is 61.0 Å². The third kappa shape index (κ3) is 4.30. The molecule has 3 aromatic carbocycles. The first-order valence-corrected chi connectivity index (χ1v) is 12.3. The van der Waals surface area contributed by atoms with Crippen LogP contribution in [-0.4, -0.2) is 12.4 Å². The van der Waals surface area contributed by atoms with Gasteiger partial charge in [0.15, 0.2) is 5.78 Å². The van der Waals surface area contributed by atoms with E-state index in [1.165, 1.54) is 11.1 Å². The Morgan fingerprint density at radius 2 is 1.68 bits per heavy atom. The first kappa shape index (κ1) is 22.5. The number of carbonyl (C=O) groups is 1. The molecule has 0 radical (unpaired) electrons. The van der Waals surface area contributed by atoms with Crippen LogP contribution in [0.2, 0.25) is 5.02 Å². The number of ketones is 1. The summed E-state index contributed by atoms with van der Waals surface area (Å²) in [7, 11) is 0. The standard InChI is InChI=1S/C29H29ClN2O2/c1-3-18-9-11-19(12-10-18)21-16-25-28(26(33)17-21)29(32-24-8-6-5-7-23(24)31-25)20-13-14-27(34-4-2)22(30)15-20/h5-15,21,29,31-32H,3-4,16-17H2,1-2H3. The van der Waals surface area contributed by atoms with Gasteiger partial charge in [-0.05, 0) is 66.6 Å². The predicted octanol–water partition coefficient (Wildman–Crippen LogP) is 7.28. The van der Waals surface area contributed by atoms with E-state index in [1.807, 2.05) is 49.4 Å². The molecule has 0 saturated carbocycles. The molecule has 0 bridgehead atoms. The Bertz CT molecular complexity index is 1250. The number of nitrogens with one attached hydrogen (secondary N) is 2. The van der Waals surface area contributed by atoms with E-state index < -0.39 is 0 Å². The van der Waals surface area contributed by atoms with Crippen molar-refractivity contribution in [3.63, 3.8) is 0 Å². The summed E-state index contributed by atoms with van der Waals surface area (Å²) < 4.78 is 5.62. The van der Waals surface area contributed by atoms with Crippen LogP contribution in [0.15, 0.2) is 78.0 Å². The molecule has 0 saturated heterocycles. The van der Waals surface area contributed by atoms with Gasteiger partial charge in [0.1, 0.15) is 5.75 Å². The SMILES string of the molecule is CCOc1ccc(C2Nc3ccccc3NC3=C2C(=O)CC(c2ccc(CC)cc2)C3)cc1Cl. The van der Waals surface area contributed by atoms with Crippen molar-refractivity contribution in [2.24, 2.45) is 0 Å². The maximum absolute atomic E-state index is 13.7. The predicted molar refractivity (Wildman–Crippen MR) is 139 cm³/mol. The van der Waals surface area contributed by atoms with Gasteiger partial charge < -0.3 is 15.4 Å². The molecular weight excluding hydrogens is 444 g/mol. The maximum atomic E-state index is 13.7. The summed E-state index contributed by atoms with van der Waals surface area (Å²) in [5, 5.41) is 7.76. The Morgan fingerprint density at radius 3 is 2.38 bits per heavy atom. The van der Waals surface area contributed by atoms with Crippen LogP contribution in [0.25, 0.3) is 0 Å². The third-order valence-electron chi connectivity index (χ3n) is 6.76. The van der Waals surface area contributed by atoms with E-state index in [4.69, 9.17) is 16.3 Å². The molecule has 0 amide bonds. The van der Waals surface area contributed by atoms with Crippen molar-refractivity contribution in [3.05, 3.63) is 99.7 Å². The largest absolute Gasteiger partial charge is 0.492 e. The normalized spacial score (nSPS) is 19.4. The molecule has 2 unspecified atom stereocenters. The number of ether oxygens (including phenoxy) is 1. The Morgan fingerprint density at radius 1 is 0.941 bits per heavy atom. The molecule has 34 heavy (non-hydrogen) atoms. The summed E-state index contributed by atoms with van der Waals surface area (Å²) in [4.78, 5) is 13.7. The molecule has 5 heteroatoms. The second kappa shape index (κ2) is 9.55. The van der Waals surface area contributed by atoms with Crippen molar-refractivity contribution in [1.29, 1.82) is 0 Å². The van der Waals surface area contributed by atoms with Gasteiger partial charge in [-0.3, -0.25) is 4.79 Å². The summed E-state index contributed by atoms with van der Waals surface area (Å²) in [5.74, 6) is 0.966. The van der Waals surface area contributed by atoms with Gasteiger partial charge in [0, 0.05) is 17.7 Å². The molecule has 1 aliphatic heterocycles. The second-order valence-corrected chi connectivity index (χ2v) is 9.29. The minimum atomic E-state index is -0.296. The van der Waals surface area contributed by atoms with Gasteiger partial charge in [-0.15, -0.1) is 0 Å². The number of rotatable bonds is 5. The number of para-hydroxylation sites is 2. The molecule has 2 N–H and O–H groups in total. The molecular formula is C29H29ClN2O2. The first-order chi connectivity index (χ1) is 16.6. The van der Waals surface area contributed by atoms with E-state index in [2.05, 4.69) is 41.8 Å². The van der Waals surface area contributed by atoms with Gasteiger partial charge in [-0.2, -0.15) is 0 Å². The highest BCUT2D eigenvalue weighted by atomic mass is 35.5. The van der Waals surface area contributed by atoms with Gasteiger partial charge in [-0.25, -0.2) is 0 Å². The lowest BCUT2D eigenvalue weighted by Crippen LogP contribution is -2.26. The zero-order chi connectivity index (χ0) is 23.7. The number of Topliss-reactive ketones (excluding diaryl/α,β-unsaturated/α-hetero) is 1. The summed E-state index contributed by atoms with van der Waals surface area (Å²) in [6, 6.07) is 22.3. The fraction of sp³-hybridized carbons (Fsp3) is 0.276. The number of benzene rings is 3. The number of halogens is 1. The molecule has 0 aromatic heterocycles. The molecule has 0 fully saturated rings. The molecule has 3 aromatic rings. The van der Waals surface area contributed by atoms with Crippen LogP contribution in [0, 0.1) is 0 Å². The molecule has 5 rings (SSSR count). The molecule has 1 heterocycles. The number of aryl methyl sites for hydroxylation is 1. The van der Waals surface area contributed by atoms with Crippen LogP contribution < -0.4 is 15.4 Å². The van der Waals surface area contributed by atoms with E-state index >= 15 is 0 Å². The van der Waals surface area contributed by atoms with Crippen LogP contribution in [0.1, 0.15) is 55.3 Å². The highest BCUT2D eigenvalue weighted by molar-refractivity contribution is 6.32. The van der Waals surface area contributed by atoms with Crippen molar-refractivity contribution >= 4 is 28.8 Å². The average molecular weight is 473 g/mol. The Balaban J connectivity index is 1.56. The molecule has 4 nitrogen and oxygen atoms in total. The molecule has 0 spiro atoms. The van der Waals surface area contributed by atoms with Crippen LogP contribution in [0.4, 0.5) is 11.4 Å². The maximum Gasteiger partial charge on any atom is 0.163 e. The van der Waals surface area contributed by atoms with Crippen LogP contribution in [0.3, 0.4) is 0 Å². The summed E-state index contributed by atoms with van der Waals surface area (Å²) in [6.07, 6.45) is 2.28. The van der Waals surface area contributed by atoms with Crippen molar-refractivity contribution in [2.75, 3.05) is 17.2 Å². The number of anilines is 2. The average Bonchev–Trinajstić information content (AvgIpc) is 3.02. The van der Waals surface area contributed by atoms with Crippen LogP contribution in [-0.2, 0) is 11.2 Å². The van der Waals surface area contributed by atoms with E-state index in [9.17, 15) is 4.79 Å². The lowest BCUT2D eigenvalue weighted by atomic mass is 9.78. The number of hydrogen-bond donors (Lipinski definition) is 2. The first-order valence-electron chi connectivity index (χ1n) is 12.0. The Kier molecular flexibility index (Phi) is 6.34. The monoisotopic (exact) mass is 472 g/mol. The summed E-state index contributed by atoms with van der Waals surface area (Å²) in [6.45, 7) is 4.64. The molecule has 2 aliphatic rings. The summed E-state index contributed by atoms with van der Waals surface area (Å²) in [5.41, 5.74) is 7.17. The fourth-order valence-electron chi connectivity index (χ4n) is 4.97. The molecule has 1 aliphatic carbocycles. The number of hydrogen-bond acceptors (Lipinski definition) is 4. The van der Waals surface area contributed by atoms with E-state index in [0.717, 1.165) is 41.1 Å². The topological polar surface area (TPSA) is 50.4 Å². The lowest BCUT2D eigenvalue weighted by molar-refractivity contribution is -0.116. The van der Waals surface area contributed by atoms with Gasteiger partial charge >= 0.3 is 0 Å². The smallest absolute Gasteiger partial charge is 0.163 e. The van der Waals surface area contributed by atoms with E-state index in [0.29, 0.717) is 23.8 Å². The van der Waals surface area contributed by atoms with Gasteiger partial charge in [0.05, 0.1) is 29.0 Å². The van der Waals surface area contributed by atoms with E-state index in [1.54, 1.807) is 0 Å². The summed E-state index contributed by atoms with van der Waals surface area (Å²) >= 11 is 6.54. The second-order valence-electron chi connectivity index (χ2n) is 8.89. The van der Waals surface area contributed by atoms with Crippen molar-refractivity contribution < 1.29 is 9.53 Å². The van der Waals surface area contributed by atoms with E-state index in [-0.39, 0.29) is 17.7 Å². The minimum absolute atomic E-state index is 0.152. The highest BCUT2D eigenvalue weighted by Gasteiger charge is 2.36. The Hall–Kier alpha value is -3.24. The highest BCUT2D eigenvalue weighted by Crippen LogP contribution is 2.45. The Labute approximate surface area is 206 Å². The third-order valence-corrected chi connectivity index (χ3v) is 7.05. The fourth-order valence-corrected chi connectivity index (χ4v) is 5.22. The van der Waals surface area contributed by atoms with Gasteiger partial charge in [0.2, 0.25) is 0 Å². The quantitative estimate of drug-likeness (QED) is 0.409. The van der Waals surface area contributed by atoms with Crippen molar-refractivity contribution in [1.82, 2.24) is 0 Å². The van der Waals surface area contributed by atoms with Crippen molar-refractivity contribution in [3.8, 4) is 5.75 Å². The molecule has 2 atom stereocenters. The minimum Gasteiger partial charge on any atom is -0.492 e. The number of allylic oxidation sites excluding steroid dienone is 1. The van der Waals surface area contributed by atoms with Crippen molar-refractivity contribution in [2.45, 2.75) is 45.1 Å².